The number of rotatable bonds is 2. The van der Waals surface area contributed by atoms with Gasteiger partial charge in [-0.1, -0.05) is 11.6 Å². The minimum Gasteiger partial charge on any atom is -0.317 e. The van der Waals surface area contributed by atoms with Crippen LogP contribution in [0, 0.1) is 6.57 Å². The molecule has 1 aromatic heterocycles. The molecule has 0 aromatic carbocycles. The molecule has 0 N–H and O–H groups in total. The smallest absolute Gasteiger partial charge is 0.220 e. The molecular formula is C7H6ClN3. The molecule has 0 fully saturated rings. The van der Waals surface area contributed by atoms with Crippen LogP contribution in [-0.4, -0.2) is 16.5 Å². The van der Waals surface area contributed by atoms with Gasteiger partial charge >= 0.3 is 0 Å². The van der Waals surface area contributed by atoms with E-state index in [2.05, 4.69) is 14.8 Å². The van der Waals surface area contributed by atoms with Crippen molar-refractivity contribution in [2.24, 2.45) is 0 Å². The van der Waals surface area contributed by atoms with Crippen molar-refractivity contribution in [1.82, 2.24) is 9.97 Å². The van der Waals surface area contributed by atoms with Crippen molar-refractivity contribution >= 4 is 11.6 Å². The van der Waals surface area contributed by atoms with Crippen LogP contribution in [-0.2, 0) is 6.42 Å². The zero-order chi connectivity index (χ0) is 8.10. The molecule has 1 aromatic rings. The Morgan fingerprint density at radius 2 is 2.45 bits per heavy atom. The van der Waals surface area contributed by atoms with Crippen LogP contribution in [0.5, 0.6) is 0 Å². The molecule has 1 heterocycles. The second kappa shape index (κ2) is 3.89. The first-order chi connectivity index (χ1) is 5.34. The number of halogens is 1. The topological polar surface area (TPSA) is 30.1 Å². The summed E-state index contributed by atoms with van der Waals surface area (Å²) in [5.41, 5.74) is 0.748. The molecule has 3 nitrogen and oxygen atoms in total. The molecule has 0 atom stereocenters. The first-order valence-electron chi connectivity index (χ1n) is 3.12. The second-order valence-electron chi connectivity index (χ2n) is 1.95. The van der Waals surface area contributed by atoms with Gasteiger partial charge in [0.05, 0.1) is 17.1 Å². The highest BCUT2D eigenvalue weighted by Crippen LogP contribution is 2.10. The number of hydrogen-bond acceptors (Lipinski definition) is 2. The highest BCUT2D eigenvalue weighted by molar-refractivity contribution is 6.31. The van der Waals surface area contributed by atoms with Gasteiger partial charge in [-0.05, 0) is 0 Å². The van der Waals surface area contributed by atoms with Crippen LogP contribution >= 0.6 is 11.6 Å². The fourth-order valence-corrected chi connectivity index (χ4v) is 0.883. The molecule has 0 unspecified atom stereocenters. The van der Waals surface area contributed by atoms with E-state index < -0.39 is 0 Å². The maximum absolute atomic E-state index is 6.56. The molecule has 1 rings (SSSR count). The quantitative estimate of drug-likeness (QED) is 0.627. The van der Waals surface area contributed by atoms with Crippen molar-refractivity contribution < 1.29 is 0 Å². The molecule has 0 radical (unpaired) electrons. The molecule has 0 amide bonds. The van der Waals surface area contributed by atoms with Gasteiger partial charge in [-0.3, -0.25) is 0 Å². The van der Waals surface area contributed by atoms with Gasteiger partial charge in [0.25, 0.3) is 0 Å². The molecule has 11 heavy (non-hydrogen) atoms. The van der Waals surface area contributed by atoms with E-state index in [1.807, 2.05) is 0 Å². The highest BCUT2D eigenvalue weighted by atomic mass is 35.5. The molecule has 0 aliphatic heterocycles. The first kappa shape index (κ1) is 7.96. The lowest BCUT2D eigenvalue weighted by molar-refractivity contribution is 0.972. The predicted molar refractivity (Wildman–Crippen MR) is 42.2 cm³/mol. The van der Waals surface area contributed by atoms with E-state index in [0.717, 1.165) is 5.69 Å². The summed E-state index contributed by atoms with van der Waals surface area (Å²) in [4.78, 5) is 10.9. The maximum atomic E-state index is 6.56. The Labute approximate surface area is 69.9 Å². The van der Waals surface area contributed by atoms with Gasteiger partial charge < -0.3 is 4.85 Å². The Balaban J connectivity index is 2.71. The fraction of sp³-hybridized carbons (Fsp3) is 0.286. The van der Waals surface area contributed by atoms with Crippen molar-refractivity contribution in [2.45, 2.75) is 6.42 Å². The molecule has 0 bridgehead atoms. The molecule has 56 valence electrons. The normalized spacial score (nSPS) is 9.09. The summed E-state index contributed by atoms with van der Waals surface area (Å²) in [7, 11) is 0. The van der Waals surface area contributed by atoms with Crippen LogP contribution in [0.1, 0.15) is 5.69 Å². The van der Waals surface area contributed by atoms with E-state index in [1.54, 1.807) is 0 Å². The van der Waals surface area contributed by atoms with E-state index in [0.29, 0.717) is 18.0 Å². The van der Waals surface area contributed by atoms with Crippen LogP contribution in [0.2, 0.25) is 5.02 Å². The highest BCUT2D eigenvalue weighted by Gasteiger charge is 2.01. The van der Waals surface area contributed by atoms with Gasteiger partial charge in [-0.2, -0.15) is 0 Å². The third-order valence-electron chi connectivity index (χ3n) is 1.20. The Hall–Kier alpha value is -1.14. The Bertz CT molecular complexity index is 279. The van der Waals surface area contributed by atoms with Crippen molar-refractivity contribution in [3.8, 4) is 0 Å². The van der Waals surface area contributed by atoms with Crippen LogP contribution < -0.4 is 0 Å². The van der Waals surface area contributed by atoms with E-state index in [1.165, 1.54) is 12.5 Å². The zero-order valence-corrected chi connectivity index (χ0v) is 6.54. The van der Waals surface area contributed by atoms with Crippen molar-refractivity contribution in [1.29, 1.82) is 0 Å². The van der Waals surface area contributed by atoms with Crippen LogP contribution in [0.15, 0.2) is 12.5 Å². The Kier molecular flexibility index (Phi) is 2.82. The standard InChI is InChI=1S/C7H6ClN3/c1-9-3-2-7-6(8)4-10-5-11-7/h4-5H,2-3H2. The average Bonchev–Trinajstić information content (AvgIpc) is 2.03. The molecule has 4 heteroatoms. The van der Waals surface area contributed by atoms with Crippen LogP contribution in [0.4, 0.5) is 0 Å². The van der Waals surface area contributed by atoms with Gasteiger partial charge in [0.15, 0.2) is 0 Å². The van der Waals surface area contributed by atoms with Gasteiger partial charge in [0, 0.05) is 6.20 Å². The Morgan fingerprint density at radius 3 is 3.09 bits per heavy atom. The molecule has 0 aliphatic carbocycles. The summed E-state index contributed by atoms with van der Waals surface area (Å²) in [5, 5.41) is 0.538. The van der Waals surface area contributed by atoms with Gasteiger partial charge in [0.2, 0.25) is 6.54 Å². The third kappa shape index (κ3) is 2.17. The van der Waals surface area contributed by atoms with E-state index in [9.17, 15) is 0 Å². The van der Waals surface area contributed by atoms with Gasteiger partial charge in [-0.25, -0.2) is 16.5 Å². The summed E-state index contributed by atoms with van der Waals surface area (Å²) in [5.74, 6) is 0. The molecular weight excluding hydrogens is 162 g/mol. The van der Waals surface area contributed by atoms with E-state index >= 15 is 0 Å². The summed E-state index contributed by atoms with van der Waals surface area (Å²) < 4.78 is 0. The average molecular weight is 168 g/mol. The van der Waals surface area contributed by atoms with Crippen LogP contribution in [0.25, 0.3) is 4.85 Å². The predicted octanol–water partition coefficient (Wildman–Crippen LogP) is 1.59. The van der Waals surface area contributed by atoms with Crippen molar-refractivity contribution in [2.75, 3.05) is 6.54 Å². The lowest BCUT2D eigenvalue weighted by Crippen LogP contribution is -1.93. The molecule has 0 spiro atoms. The molecule has 0 saturated heterocycles. The molecule has 0 aliphatic rings. The van der Waals surface area contributed by atoms with Crippen molar-refractivity contribution in [3.63, 3.8) is 0 Å². The van der Waals surface area contributed by atoms with Gasteiger partial charge in [-0.15, -0.1) is 0 Å². The molecule has 0 saturated carbocycles. The fourth-order valence-electron chi connectivity index (χ4n) is 0.684. The number of nitrogens with zero attached hydrogens (tertiary/aromatic N) is 3. The third-order valence-corrected chi connectivity index (χ3v) is 1.52. The zero-order valence-electron chi connectivity index (χ0n) is 5.79. The summed E-state index contributed by atoms with van der Waals surface area (Å²) >= 11 is 5.73. The summed E-state index contributed by atoms with van der Waals surface area (Å²) in [6.45, 7) is 6.99. The SMILES string of the molecule is [C-]#[N+]CCc1ncncc1Cl. The monoisotopic (exact) mass is 167 g/mol. The van der Waals surface area contributed by atoms with E-state index in [-0.39, 0.29) is 0 Å². The van der Waals surface area contributed by atoms with Gasteiger partial charge in [0.1, 0.15) is 6.33 Å². The minimum absolute atomic E-state index is 0.427. The minimum atomic E-state index is 0.427. The summed E-state index contributed by atoms with van der Waals surface area (Å²) in [6, 6.07) is 0. The summed E-state index contributed by atoms with van der Waals surface area (Å²) in [6.07, 6.45) is 3.57. The lowest BCUT2D eigenvalue weighted by atomic mass is 10.3. The Morgan fingerprint density at radius 1 is 1.64 bits per heavy atom. The van der Waals surface area contributed by atoms with Crippen LogP contribution in [0.3, 0.4) is 0 Å². The van der Waals surface area contributed by atoms with E-state index in [4.69, 9.17) is 18.2 Å². The second-order valence-corrected chi connectivity index (χ2v) is 2.36. The lowest BCUT2D eigenvalue weighted by Gasteiger charge is -1.95. The largest absolute Gasteiger partial charge is 0.317 e. The maximum Gasteiger partial charge on any atom is 0.220 e. The van der Waals surface area contributed by atoms with Crippen molar-refractivity contribution in [3.05, 3.63) is 34.7 Å². The number of aromatic nitrogens is 2. The first-order valence-corrected chi connectivity index (χ1v) is 3.50. The number of hydrogen-bond donors (Lipinski definition) is 0.